The van der Waals surface area contributed by atoms with E-state index in [1.54, 1.807) is 6.07 Å². The van der Waals surface area contributed by atoms with E-state index in [0.717, 1.165) is 19.5 Å². The molecule has 1 aromatic rings. The largest absolute Gasteiger partial charge is 0.316 e. The van der Waals surface area contributed by atoms with E-state index in [0.29, 0.717) is 4.47 Å². The van der Waals surface area contributed by atoms with E-state index in [1.807, 2.05) is 12.1 Å². The monoisotopic (exact) mass is 315 g/mol. The first kappa shape index (κ1) is 15.6. The van der Waals surface area contributed by atoms with Crippen LogP contribution >= 0.6 is 15.9 Å². The summed E-state index contributed by atoms with van der Waals surface area (Å²) in [7, 11) is 0. The van der Waals surface area contributed by atoms with E-state index >= 15 is 0 Å². The van der Waals surface area contributed by atoms with E-state index < -0.39 is 0 Å². The Kier molecular flexibility index (Phi) is 6.30. The summed E-state index contributed by atoms with van der Waals surface area (Å²) >= 11 is 3.25. The van der Waals surface area contributed by atoms with Crippen molar-refractivity contribution in [2.24, 2.45) is 5.41 Å². The van der Waals surface area contributed by atoms with Crippen LogP contribution in [-0.4, -0.2) is 13.1 Å². The summed E-state index contributed by atoms with van der Waals surface area (Å²) in [5.41, 5.74) is 1.43. The highest BCUT2D eigenvalue weighted by Gasteiger charge is 2.23. The van der Waals surface area contributed by atoms with E-state index in [9.17, 15) is 4.39 Å². The summed E-state index contributed by atoms with van der Waals surface area (Å²) in [4.78, 5) is 0. The molecule has 0 heterocycles. The molecule has 0 aliphatic carbocycles. The zero-order valence-corrected chi connectivity index (χ0v) is 13.1. The fraction of sp³-hybridized carbons (Fsp3) is 0.600. The zero-order chi connectivity index (χ0) is 13.6. The van der Waals surface area contributed by atoms with Gasteiger partial charge in [-0.1, -0.05) is 33.3 Å². The molecular formula is C15H23BrFN. The van der Waals surface area contributed by atoms with Crippen molar-refractivity contribution in [3.05, 3.63) is 34.1 Å². The topological polar surface area (TPSA) is 12.0 Å². The van der Waals surface area contributed by atoms with Gasteiger partial charge >= 0.3 is 0 Å². The van der Waals surface area contributed by atoms with Crippen LogP contribution in [0.4, 0.5) is 4.39 Å². The van der Waals surface area contributed by atoms with Gasteiger partial charge in [0.25, 0.3) is 0 Å². The first-order valence-electron chi connectivity index (χ1n) is 6.65. The highest BCUT2D eigenvalue weighted by atomic mass is 79.9. The Bertz CT molecular complexity index is 381. The van der Waals surface area contributed by atoms with Crippen LogP contribution in [-0.2, 0) is 6.42 Å². The van der Waals surface area contributed by atoms with Crippen molar-refractivity contribution in [2.45, 2.75) is 40.0 Å². The van der Waals surface area contributed by atoms with Gasteiger partial charge in [-0.05, 0) is 58.4 Å². The van der Waals surface area contributed by atoms with Crippen LogP contribution in [0.3, 0.4) is 0 Å². The Hall–Kier alpha value is -0.410. The standard InChI is InChI=1S/C15H23BrFN/c1-4-8-15(3,11-18-5-2)10-12-6-7-14(17)13(16)9-12/h6-7,9,18H,4-5,8,10-11H2,1-3H3. The van der Waals surface area contributed by atoms with Gasteiger partial charge in [0.2, 0.25) is 0 Å². The molecule has 1 unspecified atom stereocenters. The van der Waals surface area contributed by atoms with Gasteiger partial charge in [0.05, 0.1) is 4.47 Å². The van der Waals surface area contributed by atoms with Crippen LogP contribution in [0, 0.1) is 11.2 Å². The Morgan fingerprint density at radius 3 is 2.61 bits per heavy atom. The SMILES string of the molecule is CCCC(C)(CNCC)Cc1ccc(F)c(Br)c1. The minimum atomic E-state index is -0.192. The highest BCUT2D eigenvalue weighted by Crippen LogP contribution is 2.29. The molecule has 0 aliphatic rings. The van der Waals surface area contributed by atoms with E-state index in [1.165, 1.54) is 18.4 Å². The lowest BCUT2D eigenvalue weighted by atomic mass is 9.79. The molecule has 0 spiro atoms. The van der Waals surface area contributed by atoms with Crippen molar-refractivity contribution in [1.82, 2.24) is 5.32 Å². The van der Waals surface area contributed by atoms with Crippen LogP contribution in [0.2, 0.25) is 0 Å². The summed E-state index contributed by atoms with van der Waals surface area (Å²) in [5.74, 6) is -0.192. The second kappa shape index (κ2) is 7.25. The van der Waals surface area contributed by atoms with Crippen molar-refractivity contribution in [2.75, 3.05) is 13.1 Å². The first-order chi connectivity index (χ1) is 8.50. The van der Waals surface area contributed by atoms with Crippen molar-refractivity contribution < 1.29 is 4.39 Å². The minimum Gasteiger partial charge on any atom is -0.316 e. The van der Waals surface area contributed by atoms with Crippen molar-refractivity contribution in [3.8, 4) is 0 Å². The van der Waals surface area contributed by atoms with Gasteiger partial charge in [0.15, 0.2) is 0 Å². The molecule has 0 aromatic heterocycles. The van der Waals surface area contributed by atoms with Crippen LogP contribution in [0.5, 0.6) is 0 Å². The summed E-state index contributed by atoms with van der Waals surface area (Å²) in [6.07, 6.45) is 3.33. The molecule has 102 valence electrons. The van der Waals surface area contributed by atoms with E-state index in [4.69, 9.17) is 0 Å². The molecule has 18 heavy (non-hydrogen) atoms. The zero-order valence-electron chi connectivity index (χ0n) is 11.5. The molecule has 0 bridgehead atoms. The molecule has 0 saturated carbocycles. The highest BCUT2D eigenvalue weighted by molar-refractivity contribution is 9.10. The van der Waals surface area contributed by atoms with Gasteiger partial charge in [0, 0.05) is 6.54 Å². The van der Waals surface area contributed by atoms with Gasteiger partial charge in [0.1, 0.15) is 5.82 Å². The maximum absolute atomic E-state index is 13.2. The quantitative estimate of drug-likeness (QED) is 0.778. The summed E-state index contributed by atoms with van der Waals surface area (Å²) < 4.78 is 13.8. The van der Waals surface area contributed by atoms with Gasteiger partial charge in [-0.25, -0.2) is 4.39 Å². The number of nitrogens with one attached hydrogen (secondary N) is 1. The van der Waals surface area contributed by atoms with Crippen LogP contribution in [0.1, 0.15) is 39.2 Å². The number of halogens is 2. The number of benzene rings is 1. The minimum absolute atomic E-state index is 0.192. The Balaban J connectivity index is 2.78. The van der Waals surface area contributed by atoms with Crippen LogP contribution in [0.15, 0.2) is 22.7 Å². The molecule has 1 nitrogen and oxygen atoms in total. The summed E-state index contributed by atoms with van der Waals surface area (Å²) in [5, 5.41) is 3.43. The fourth-order valence-corrected chi connectivity index (χ4v) is 2.84. The predicted octanol–water partition coefficient (Wildman–Crippen LogP) is 4.55. The third-order valence-corrected chi connectivity index (χ3v) is 3.88. The van der Waals surface area contributed by atoms with Gasteiger partial charge < -0.3 is 5.32 Å². The summed E-state index contributed by atoms with van der Waals surface area (Å²) in [6.45, 7) is 8.64. The average Bonchev–Trinajstić information content (AvgIpc) is 2.32. The van der Waals surface area contributed by atoms with Crippen LogP contribution < -0.4 is 5.32 Å². The molecule has 1 aromatic carbocycles. The molecule has 0 fully saturated rings. The average molecular weight is 316 g/mol. The number of rotatable bonds is 7. The van der Waals surface area contributed by atoms with Crippen molar-refractivity contribution in [1.29, 1.82) is 0 Å². The second-order valence-electron chi connectivity index (χ2n) is 5.27. The molecule has 3 heteroatoms. The molecule has 0 amide bonds. The lowest BCUT2D eigenvalue weighted by Gasteiger charge is -2.30. The smallest absolute Gasteiger partial charge is 0.137 e. The van der Waals surface area contributed by atoms with E-state index in [-0.39, 0.29) is 11.2 Å². The first-order valence-corrected chi connectivity index (χ1v) is 7.44. The van der Waals surface area contributed by atoms with Crippen molar-refractivity contribution in [3.63, 3.8) is 0 Å². The molecule has 1 N–H and O–H groups in total. The van der Waals surface area contributed by atoms with Gasteiger partial charge in [-0.2, -0.15) is 0 Å². The Labute approximate surface area is 118 Å². The van der Waals surface area contributed by atoms with Gasteiger partial charge in [-0.15, -0.1) is 0 Å². The van der Waals surface area contributed by atoms with Gasteiger partial charge in [-0.3, -0.25) is 0 Å². The number of hydrogen-bond acceptors (Lipinski definition) is 1. The maximum Gasteiger partial charge on any atom is 0.137 e. The Morgan fingerprint density at radius 1 is 1.33 bits per heavy atom. The van der Waals surface area contributed by atoms with E-state index in [2.05, 4.69) is 42.0 Å². The molecular weight excluding hydrogens is 293 g/mol. The lowest BCUT2D eigenvalue weighted by Crippen LogP contribution is -2.33. The normalized spacial score (nSPS) is 14.5. The summed E-state index contributed by atoms with van der Waals surface area (Å²) in [6, 6.07) is 5.33. The molecule has 1 rings (SSSR count). The lowest BCUT2D eigenvalue weighted by molar-refractivity contribution is 0.277. The van der Waals surface area contributed by atoms with Crippen molar-refractivity contribution >= 4 is 15.9 Å². The second-order valence-corrected chi connectivity index (χ2v) is 6.12. The Morgan fingerprint density at radius 2 is 2.06 bits per heavy atom. The molecule has 1 atom stereocenters. The molecule has 0 radical (unpaired) electrons. The third-order valence-electron chi connectivity index (χ3n) is 3.27. The van der Waals surface area contributed by atoms with Crippen LogP contribution in [0.25, 0.3) is 0 Å². The number of hydrogen-bond donors (Lipinski definition) is 1. The fourth-order valence-electron chi connectivity index (χ4n) is 2.41. The molecule has 0 aliphatic heterocycles. The molecule has 0 saturated heterocycles. The maximum atomic E-state index is 13.2. The predicted molar refractivity (Wildman–Crippen MR) is 79.4 cm³/mol. The third kappa shape index (κ3) is 4.69.